The third kappa shape index (κ3) is 2.32. The smallest absolute Gasteiger partial charge is 0.355 e. The Hall–Kier alpha value is -2.48. The van der Waals surface area contributed by atoms with Gasteiger partial charge in [0, 0.05) is 18.0 Å². The normalized spacial score (nSPS) is 10.8. The molecule has 3 rings (SSSR count). The number of esters is 1. The highest BCUT2D eigenvalue weighted by molar-refractivity contribution is 7.16. The molecule has 0 amide bonds. The van der Waals surface area contributed by atoms with Crippen LogP contribution in [0.1, 0.15) is 21.2 Å². The molecule has 0 spiro atoms. The zero-order valence-corrected chi connectivity index (χ0v) is 11.3. The molecule has 3 heterocycles. The standard InChI is InChI=1S/C12H10N4O3S/c1-7-5-10(17)16-12(14-7)20-9(15-16)6-19-11(18)8-3-2-4-13-8/h2-5,13H,6H2,1H3. The van der Waals surface area contributed by atoms with Gasteiger partial charge in [-0.05, 0) is 19.1 Å². The van der Waals surface area contributed by atoms with Gasteiger partial charge in [0.15, 0.2) is 5.01 Å². The summed E-state index contributed by atoms with van der Waals surface area (Å²) in [4.78, 5) is 30.8. The van der Waals surface area contributed by atoms with Crippen LogP contribution in [0.5, 0.6) is 0 Å². The third-order valence-electron chi connectivity index (χ3n) is 2.56. The highest BCUT2D eigenvalue weighted by Crippen LogP contribution is 2.13. The Morgan fingerprint density at radius 1 is 1.55 bits per heavy atom. The number of fused-ring (bicyclic) bond motifs is 1. The van der Waals surface area contributed by atoms with Gasteiger partial charge in [-0.15, -0.1) is 0 Å². The number of hydrogen-bond donors (Lipinski definition) is 1. The first-order valence-corrected chi connectivity index (χ1v) is 6.62. The fourth-order valence-corrected chi connectivity index (χ4v) is 2.54. The monoisotopic (exact) mass is 290 g/mol. The summed E-state index contributed by atoms with van der Waals surface area (Å²) in [5, 5.41) is 4.59. The number of nitrogens with zero attached hydrogens (tertiary/aromatic N) is 3. The molecule has 0 aliphatic rings. The van der Waals surface area contributed by atoms with Gasteiger partial charge in [0.05, 0.1) is 0 Å². The van der Waals surface area contributed by atoms with Crippen LogP contribution in [0.3, 0.4) is 0 Å². The van der Waals surface area contributed by atoms with Gasteiger partial charge in [-0.25, -0.2) is 9.78 Å². The van der Waals surface area contributed by atoms with Crippen molar-refractivity contribution in [3.63, 3.8) is 0 Å². The first-order valence-electron chi connectivity index (χ1n) is 5.80. The van der Waals surface area contributed by atoms with Gasteiger partial charge >= 0.3 is 5.97 Å². The van der Waals surface area contributed by atoms with Crippen molar-refractivity contribution in [3.8, 4) is 0 Å². The molecule has 20 heavy (non-hydrogen) atoms. The molecule has 0 saturated carbocycles. The van der Waals surface area contributed by atoms with Crippen molar-refractivity contribution in [2.45, 2.75) is 13.5 Å². The van der Waals surface area contributed by atoms with Crippen LogP contribution in [0.15, 0.2) is 29.2 Å². The van der Waals surface area contributed by atoms with E-state index in [9.17, 15) is 9.59 Å². The molecule has 0 aliphatic carbocycles. The molecule has 3 aromatic rings. The molecule has 0 saturated heterocycles. The SMILES string of the molecule is Cc1cc(=O)n2nc(COC(=O)c3ccc[nH]3)sc2n1. The zero-order chi connectivity index (χ0) is 14.1. The molecular formula is C12H10N4O3S. The summed E-state index contributed by atoms with van der Waals surface area (Å²) in [6, 6.07) is 4.73. The Bertz CT molecular complexity index is 819. The van der Waals surface area contributed by atoms with Crippen LogP contribution in [0.4, 0.5) is 0 Å². The molecule has 0 bridgehead atoms. The van der Waals surface area contributed by atoms with Crippen LogP contribution < -0.4 is 5.56 Å². The maximum absolute atomic E-state index is 11.7. The number of hydrogen-bond acceptors (Lipinski definition) is 6. The summed E-state index contributed by atoms with van der Waals surface area (Å²) < 4.78 is 6.31. The summed E-state index contributed by atoms with van der Waals surface area (Å²) in [5.74, 6) is -0.467. The van der Waals surface area contributed by atoms with Gasteiger partial charge in [-0.1, -0.05) is 11.3 Å². The fourth-order valence-electron chi connectivity index (χ4n) is 1.68. The molecule has 3 aromatic heterocycles. The Balaban J connectivity index is 1.80. The summed E-state index contributed by atoms with van der Waals surface area (Å²) >= 11 is 1.22. The molecule has 8 heteroatoms. The number of aromatic nitrogens is 4. The Morgan fingerprint density at radius 2 is 2.40 bits per heavy atom. The highest BCUT2D eigenvalue weighted by Gasteiger charge is 2.11. The molecular weight excluding hydrogens is 280 g/mol. The maximum atomic E-state index is 11.7. The number of aromatic amines is 1. The Labute approximate surface area is 116 Å². The van der Waals surface area contributed by atoms with Crippen molar-refractivity contribution in [3.05, 3.63) is 51.1 Å². The molecule has 1 N–H and O–H groups in total. The summed E-state index contributed by atoms with van der Waals surface area (Å²) in [6.07, 6.45) is 1.64. The molecule has 0 radical (unpaired) electrons. The van der Waals surface area contributed by atoms with E-state index in [-0.39, 0.29) is 12.2 Å². The molecule has 7 nitrogen and oxygen atoms in total. The number of carbonyl (C=O) groups is 1. The number of aryl methyl sites for hydroxylation is 1. The number of carbonyl (C=O) groups excluding carboxylic acids is 1. The lowest BCUT2D eigenvalue weighted by atomic mass is 10.4. The summed E-state index contributed by atoms with van der Waals surface area (Å²) in [5.41, 5.74) is 0.761. The summed E-state index contributed by atoms with van der Waals surface area (Å²) in [6.45, 7) is 1.75. The third-order valence-corrected chi connectivity index (χ3v) is 3.44. The lowest BCUT2D eigenvalue weighted by Crippen LogP contribution is -2.14. The van der Waals surface area contributed by atoms with E-state index in [4.69, 9.17) is 4.74 Å². The van der Waals surface area contributed by atoms with E-state index >= 15 is 0 Å². The van der Waals surface area contributed by atoms with E-state index in [1.807, 2.05) is 0 Å². The van der Waals surface area contributed by atoms with Crippen LogP contribution in [-0.2, 0) is 11.3 Å². The van der Waals surface area contributed by atoms with E-state index in [1.54, 1.807) is 25.3 Å². The largest absolute Gasteiger partial charge is 0.454 e. The van der Waals surface area contributed by atoms with Crippen LogP contribution in [0, 0.1) is 6.92 Å². The first-order chi connectivity index (χ1) is 9.63. The molecule has 102 valence electrons. The van der Waals surface area contributed by atoms with Gasteiger partial charge < -0.3 is 9.72 Å². The van der Waals surface area contributed by atoms with E-state index in [0.717, 1.165) is 0 Å². The average Bonchev–Trinajstić information content (AvgIpc) is 3.04. The molecule has 0 atom stereocenters. The van der Waals surface area contributed by atoms with Crippen molar-refractivity contribution >= 4 is 22.3 Å². The topological polar surface area (TPSA) is 89.4 Å². The average molecular weight is 290 g/mol. The predicted molar refractivity (Wildman–Crippen MR) is 71.8 cm³/mol. The molecule has 0 fully saturated rings. The second-order valence-corrected chi connectivity index (χ2v) is 5.13. The van der Waals surface area contributed by atoms with Gasteiger partial charge in [0.25, 0.3) is 5.56 Å². The van der Waals surface area contributed by atoms with Crippen molar-refractivity contribution in [1.29, 1.82) is 0 Å². The highest BCUT2D eigenvalue weighted by atomic mass is 32.1. The lowest BCUT2D eigenvalue weighted by Gasteiger charge is -1.99. The van der Waals surface area contributed by atoms with Crippen molar-refractivity contribution in [1.82, 2.24) is 19.6 Å². The van der Waals surface area contributed by atoms with Gasteiger partial charge in [0.1, 0.15) is 12.3 Å². The minimum atomic E-state index is -0.467. The van der Waals surface area contributed by atoms with E-state index < -0.39 is 5.97 Å². The van der Waals surface area contributed by atoms with Gasteiger partial charge in [-0.2, -0.15) is 9.61 Å². The second-order valence-electron chi connectivity index (χ2n) is 4.09. The number of nitrogens with one attached hydrogen (secondary N) is 1. The minimum Gasteiger partial charge on any atom is -0.454 e. The van der Waals surface area contributed by atoms with Crippen LogP contribution in [-0.4, -0.2) is 25.6 Å². The second kappa shape index (κ2) is 4.89. The number of rotatable bonds is 3. The quantitative estimate of drug-likeness (QED) is 0.731. The lowest BCUT2D eigenvalue weighted by molar-refractivity contribution is 0.0465. The molecule has 0 aromatic carbocycles. The summed E-state index contributed by atoms with van der Waals surface area (Å²) in [7, 11) is 0. The van der Waals surface area contributed by atoms with Gasteiger partial charge in [-0.3, -0.25) is 4.79 Å². The zero-order valence-electron chi connectivity index (χ0n) is 10.5. The van der Waals surface area contributed by atoms with Crippen LogP contribution >= 0.6 is 11.3 Å². The number of H-pyrrole nitrogens is 1. The first kappa shape index (κ1) is 12.5. The molecule has 0 aliphatic heterocycles. The van der Waals surface area contributed by atoms with E-state index in [2.05, 4.69) is 15.1 Å². The van der Waals surface area contributed by atoms with Crippen LogP contribution in [0.2, 0.25) is 0 Å². The van der Waals surface area contributed by atoms with Crippen molar-refractivity contribution in [2.75, 3.05) is 0 Å². The fraction of sp³-hybridized carbons (Fsp3) is 0.167. The van der Waals surface area contributed by atoms with Crippen molar-refractivity contribution < 1.29 is 9.53 Å². The Kier molecular flexibility index (Phi) is 3.07. The number of ether oxygens (including phenoxy) is 1. The predicted octanol–water partition coefficient (Wildman–Crippen LogP) is 1.14. The minimum absolute atomic E-state index is 0.00433. The van der Waals surface area contributed by atoms with Crippen LogP contribution in [0.25, 0.3) is 4.96 Å². The molecule has 0 unspecified atom stereocenters. The van der Waals surface area contributed by atoms with Crippen molar-refractivity contribution in [2.24, 2.45) is 0 Å². The van der Waals surface area contributed by atoms with E-state index in [1.165, 1.54) is 21.9 Å². The Morgan fingerprint density at radius 3 is 3.15 bits per heavy atom. The maximum Gasteiger partial charge on any atom is 0.355 e. The van der Waals surface area contributed by atoms with Gasteiger partial charge in [0.2, 0.25) is 4.96 Å². The van der Waals surface area contributed by atoms with E-state index in [0.29, 0.717) is 21.4 Å².